The first kappa shape index (κ1) is 18.6. The molecule has 7 heteroatoms. The highest BCUT2D eigenvalue weighted by Gasteiger charge is 2.20. The van der Waals surface area contributed by atoms with E-state index in [2.05, 4.69) is 15.2 Å². The van der Waals surface area contributed by atoms with E-state index in [0.717, 1.165) is 42.8 Å². The Kier molecular flexibility index (Phi) is 5.46. The molecule has 1 N–H and O–H groups in total. The van der Waals surface area contributed by atoms with Gasteiger partial charge in [0.15, 0.2) is 0 Å². The van der Waals surface area contributed by atoms with E-state index in [-0.39, 0.29) is 22.2 Å². The summed E-state index contributed by atoms with van der Waals surface area (Å²) in [4.78, 5) is 7.31. The van der Waals surface area contributed by atoms with Crippen molar-refractivity contribution in [2.45, 2.75) is 9.79 Å². The minimum absolute atomic E-state index is 0. The molecule has 1 saturated heterocycles. The van der Waals surface area contributed by atoms with Gasteiger partial charge in [-0.05, 0) is 24.3 Å². The van der Waals surface area contributed by atoms with Gasteiger partial charge in [-0.3, -0.25) is 4.98 Å². The van der Waals surface area contributed by atoms with Crippen molar-refractivity contribution in [3.63, 3.8) is 0 Å². The van der Waals surface area contributed by atoms with Crippen molar-refractivity contribution in [1.82, 2.24) is 10.3 Å². The van der Waals surface area contributed by atoms with Gasteiger partial charge in [-0.2, -0.15) is 0 Å². The van der Waals surface area contributed by atoms with Gasteiger partial charge in [0.1, 0.15) is 0 Å². The topological polar surface area (TPSA) is 62.3 Å². The molecule has 2 heterocycles. The highest BCUT2D eigenvalue weighted by atomic mass is 35.5. The summed E-state index contributed by atoms with van der Waals surface area (Å²) in [7, 11) is -3.55. The molecule has 26 heavy (non-hydrogen) atoms. The van der Waals surface area contributed by atoms with Crippen molar-refractivity contribution in [3.05, 3.63) is 60.8 Å². The van der Waals surface area contributed by atoms with E-state index in [9.17, 15) is 8.42 Å². The third-order valence-electron chi connectivity index (χ3n) is 4.49. The Hall–Kier alpha value is -2.15. The average Bonchev–Trinajstić information content (AvgIpc) is 2.68. The van der Waals surface area contributed by atoms with Crippen LogP contribution < -0.4 is 10.2 Å². The minimum atomic E-state index is -3.55. The number of fused-ring (bicyclic) bond motifs is 1. The van der Waals surface area contributed by atoms with Gasteiger partial charge in [0, 0.05) is 37.8 Å². The fourth-order valence-corrected chi connectivity index (χ4v) is 4.43. The van der Waals surface area contributed by atoms with Gasteiger partial charge < -0.3 is 10.2 Å². The molecule has 0 aliphatic carbocycles. The highest BCUT2D eigenvalue weighted by molar-refractivity contribution is 7.91. The van der Waals surface area contributed by atoms with Crippen LogP contribution in [0.3, 0.4) is 0 Å². The van der Waals surface area contributed by atoms with Gasteiger partial charge in [-0.1, -0.05) is 30.3 Å². The number of para-hydroxylation sites is 1. The van der Waals surface area contributed by atoms with Crippen LogP contribution in [0.5, 0.6) is 0 Å². The van der Waals surface area contributed by atoms with E-state index in [4.69, 9.17) is 0 Å². The molecule has 0 spiro atoms. The molecule has 2 aromatic carbocycles. The lowest BCUT2D eigenvalue weighted by Crippen LogP contribution is -2.43. The number of hydrogen-bond acceptors (Lipinski definition) is 5. The predicted molar refractivity (Wildman–Crippen MR) is 106 cm³/mol. The maximum Gasteiger partial charge on any atom is 0.208 e. The Morgan fingerprint density at radius 1 is 0.923 bits per heavy atom. The Morgan fingerprint density at radius 3 is 2.38 bits per heavy atom. The van der Waals surface area contributed by atoms with E-state index >= 15 is 0 Å². The lowest BCUT2D eigenvalue weighted by molar-refractivity contribution is 0.590. The van der Waals surface area contributed by atoms with Gasteiger partial charge in [0.2, 0.25) is 9.84 Å². The fourth-order valence-electron chi connectivity index (χ4n) is 3.17. The molecule has 0 bridgehead atoms. The first-order valence-electron chi connectivity index (χ1n) is 8.31. The van der Waals surface area contributed by atoms with Crippen LogP contribution >= 0.6 is 12.4 Å². The monoisotopic (exact) mass is 389 g/mol. The second-order valence-electron chi connectivity index (χ2n) is 6.07. The van der Waals surface area contributed by atoms with Gasteiger partial charge >= 0.3 is 0 Å². The third kappa shape index (κ3) is 3.40. The van der Waals surface area contributed by atoms with Crippen LogP contribution in [-0.4, -0.2) is 39.6 Å². The summed E-state index contributed by atoms with van der Waals surface area (Å²) in [5, 5.41) is 4.18. The summed E-state index contributed by atoms with van der Waals surface area (Å²) < 4.78 is 25.6. The predicted octanol–water partition coefficient (Wildman–Crippen LogP) is 2.90. The number of sulfone groups is 1. The van der Waals surface area contributed by atoms with Crippen LogP contribution in [0, 0.1) is 0 Å². The zero-order valence-corrected chi connectivity index (χ0v) is 15.8. The molecule has 0 unspecified atom stereocenters. The van der Waals surface area contributed by atoms with Crippen molar-refractivity contribution in [2.24, 2.45) is 0 Å². The maximum atomic E-state index is 12.8. The SMILES string of the molecule is Cl.O=S(=O)(c1ccccc1)c1cnc2c(N3CCNCC3)cccc2c1. The number of halogens is 1. The Balaban J connectivity index is 0.00000196. The van der Waals surface area contributed by atoms with Gasteiger partial charge in [0.25, 0.3) is 0 Å². The van der Waals surface area contributed by atoms with E-state index in [1.807, 2.05) is 18.2 Å². The van der Waals surface area contributed by atoms with Gasteiger partial charge in [-0.25, -0.2) is 8.42 Å². The molecule has 1 aliphatic heterocycles. The van der Waals surface area contributed by atoms with Crippen molar-refractivity contribution >= 4 is 38.8 Å². The standard InChI is InChI=1S/C19H19N3O2S.ClH/c23-25(24,16-6-2-1-3-7-16)17-13-15-5-4-8-18(19(15)21-14-17)22-11-9-20-10-12-22;/h1-8,13-14,20H,9-12H2;1H. The number of anilines is 1. The molecule has 1 aromatic heterocycles. The second-order valence-corrected chi connectivity index (χ2v) is 8.02. The van der Waals surface area contributed by atoms with E-state index < -0.39 is 9.84 Å². The van der Waals surface area contributed by atoms with E-state index in [1.54, 1.807) is 36.4 Å². The summed E-state index contributed by atoms with van der Waals surface area (Å²) in [5.41, 5.74) is 1.90. The summed E-state index contributed by atoms with van der Waals surface area (Å²) in [6.07, 6.45) is 1.47. The van der Waals surface area contributed by atoms with Crippen LogP contribution in [0.4, 0.5) is 5.69 Å². The number of benzene rings is 2. The minimum Gasteiger partial charge on any atom is -0.367 e. The molecule has 1 fully saturated rings. The summed E-state index contributed by atoms with van der Waals surface area (Å²) in [6.45, 7) is 3.73. The molecule has 0 atom stereocenters. The van der Waals surface area contributed by atoms with Gasteiger partial charge in [0.05, 0.1) is 21.0 Å². The van der Waals surface area contributed by atoms with E-state index in [1.165, 1.54) is 6.20 Å². The van der Waals surface area contributed by atoms with Crippen molar-refractivity contribution in [2.75, 3.05) is 31.1 Å². The molecule has 0 amide bonds. The zero-order valence-electron chi connectivity index (χ0n) is 14.1. The third-order valence-corrected chi connectivity index (χ3v) is 6.22. The average molecular weight is 390 g/mol. The lowest BCUT2D eigenvalue weighted by atomic mass is 10.1. The first-order chi connectivity index (χ1) is 12.2. The lowest BCUT2D eigenvalue weighted by Gasteiger charge is -2.30. The molecule has 5 nitrogen and oxygen atoms in total. The summed E-state index contributed by atoms with van der Waals surface area (Å²) in [6, 6.07) is 16.1. The molecule has 0 radical (unpaired) electrons. The number of rotatable bonds is 3. The summed E-state index contributed by atoms with van der Waals surface area (Å²) >= 11 is 0. The zero-order chi connectivity index (χ0) is 17.3. The number of piperazine rings is 1. The van der Waals surface area contributed by atoms with Crippen molar-refractivity contribution < 1.29 is 8.42 Å². The van der Waals surface area contributed by atoms with Crippen LogP contribution in [0.1, 0.15) is 0 Å². The Labute approximate surface area is 159 Å². The molecule has 0 saturated carbocycles. The van der Waals surface area contributed by atoms with E-state index in [0.29, 0.717) is 0 Å². The number of hydrogen-bond donors (Lipinski definition) is 1. The Morgan fingerprint density at radius 2 is 1.65 bits per heavy atom. The smallest absolute Gasteiger partial charge is 0.208 e. The second kappa shape index (κ2) is 7.61. The maximum absolute atomic E-state index is 12.8. The molecule has 136 valence electrons. The van der Waals surface area contributed by atoms with Crippen LogP contribution in [-0.2, 0) is 9.84 Å². The number of aromatic nitrogens is 1. The van der Waals surface area contributed by atoms with Crippen LogP contribution in [0.25, 0.3) is 10.9 Å². The molecule has 3 aromatic rings. The quantitative estimate of drug-likeness (QED) is 0.746. The largest absolute Gasteiger partial charge is 0.367 e. The normalized spacial score (nSPS) is 14.8. The Bertz CT molecular complexity index is 1000. The van der Waals surface area contributed by atoms with Crippen LogP contribution in [0.2, 0.25) is 0 Å². The highest BCUT2D eigenvalue weighted by Crippen LogP contribution is 2.28. The number of nitrogens with zero attached hydrogens (tertiary/aromatic N) is 2. The first-order valence-corrected chi connectivity index (χ1v) is 9.79. The van der Waals surface area contributed by atoms with Crippen molar-refractivity contribution in [1.29, 1.82) is 0 Å². The number of pyridine rings is 1. The molecular weight excluding hydrogens is 370 g/mol. The summed E-state index contributed by atoms with van der Waals surface area (Å²) in [5.74, 6) is 0. The fraction of sp³-hybridized carbons (Fsp3) is 0.211. The molecule has 4 rings (SSSR count). The molecular formula is C19H20ClN3O2S. The van der Waals surface area contributed by atoms with Crippen LogP contribution in [0.15, 0.2) is 70.6 Å². The van der Waals surface area contributed by atoms with Crippen molar-refractivity contribution in [3.8, 4) is 0 Å². The number of nitrogens with one attached hydrogen (secondary N) is 1. The van der Waals surface area contributed by atoms with Gasteiger partial charge in [-0.15, -0.1) is 12.4 Å². The molecule has 1 aliphatic rings.